The van der Waals surface area contributed by atoms with Gasteiger partial charge in [-0.15, -0.1) is 0 Å². The van der Waals surface area contributed by atoms with Crippen LogP contribution >= 0.6 is 0 Å². The molecule has 2 rings (SSSR count). The number of nitrogens with one attached hydrogen (secondary N) is 1. The fourth-order valence-electron chi connectivity index (χ4n) is 2.40. The lowest BCUT2D eigenvalue weighted by molar-refractivity contribution is -0.117. The maximum atomic E-state index is 13.0. The van der Waals surface area contributed by atoms with Gasteiger partial charge in [0.15, 0.2) is 5.82 Å². The van der Waals surface area contributed by atoms with Crippen molar-refractivity contribution < 1.29 is 28.3 Å². The molecule has 0 saturated carbocycles. The number of amides is 2. The molecule has 1 heterocycles. The summed E-state index contributed by atoms with van der Waals surface area (Å²) in [6.45, 7) is 0.670. The van der Waals surface area contributed by atoms with E-state index >= 15 is 0 Å². The molecule has 0 fully saturated rings. The van der Waals surface area contributed by atoms with Gasteiger partial charge in [-0.1, -0.05) is 5.16 Å². The topological polar surface area (TPSA) is 103 Å². The summed E-state index contributed by atoms with van der Waals surface area (Å²) in [6, 6.07) is 6.39. The van der Waals surface area contributed by atoms with Gasteiger partial charge in [0.25, 0.3) is 5.91 Å². The predicted octanol–water partition coefficient (Wildman–Crippen LogP) is 1.81. The molecule has 0 bridgehead atoms. The van der Waals surface area contributed by atoms with Gasteiger partial charge < -0.3 is 29.0 Å². The van der Waals surface area contributed by atoms with Crippen LogP contribution in [0.25, 0.3) is 0 Å². The van der Waals surface area contributed by atoms with Crippen LogP contribution in [0.4, 0.5) is 5.82 Å². The zero-order chi connectivity index (χ0) is 19.6. The quantitative estimate of drug-likeness (QED) is 0.630. The molecule has 0 aliphatic heterocycles. The molecule has 2 aromatic rings. The first kappa shape index (κ1) is 20.2. The Morgan fingerprint density at radius 1 is 1.15 bits per heavy atom. The number of anilines is 1. The molecule has 1 aromatic carbocycles. The summed E-state index contributed by atoms with van der Waals surface area (Å²) < 4.78 is 20.1. The molecule has 0 aliphatic carbocycles. The Balaban J connectivity index is 2.16. The largest absolute Gasteiger partial charge is 0.497 e. The van der Waals surface area contributed by atoms with E-state index in [2.05, 4.69) is 15.0 Å². The highest BCUT2D eigenvalue weighted by Gasteiger charge is 2.20. The van der Waals surface area contributed by atoms with Crippen LogP contribution in [-0.2, 0) is 9.53 Å². The summed E-state index contributed by atoms with van der Waals surface area (Å²) in [5, 5.41) is 6.20. The highest BCUT2D eigenvalue weighted by Crippen LogP contribution is 2.23. The second-order valence-electron chi connectivity index (χ2n) is 5.61. The molecular formula is C18H23N3O6. The molecule has 0 saturated heterocycles. The monoisotopic (exact) mass is 377 g/mol. The minimum absolute atomic E-state index is 0.144. The zero-order valence-corrected chi connectivity index (χ0v) is 15.6. The molecule has 9 nitrogen and oxygen atoms in total. The van der Waals surface area contributed by atoms with Crippen LogP contribution in [0.1, 0.15) is 16.8 Å². The molecule has 0 unspecified atom stereocenters. The minimum atomic E-state index is -0.385. The van der Waals surface area contributed by atoms with Gasteiger partial charge in [-0.3, -0.25) is 9.59 Å². The molecule has 0 spiro atoms. The Hall–Kier alpha value is -3.07. The van der Waals surface area contributed by atoms with Gasteiger partial charge in [0, 0.05) is 38.0 Å². The Labute approximate surface area is 157 Å². The van der Waals surface area contributed by atoms with E-state index in [1.54, 1.807) is 25.3 Å². The minimum Gasteiger partial charge on any atom is -0.497 e. The number of hydrogen-bond donors (Lipinski definition) is 1. The molecule has 1 aromatic heterocycles. The maximum Gasteiger partial charge on any atom is 0.254 e. The molecule has 0 radical (unpaired) electrons. The lowest BCUT2D eigenvalue weighted by Crippen LogP contribution is -2.39. The summed E-state index contributed by atoms with van der Waals surface area (Å²) in [5.41, 5.74) is 0.359. The van der Waals surface area contributed by atoms with E-state index in [0.717, 1.165) is 0 Å². The third-order valence-corrected chi connectivity index (χ3v) is 3.70. The maximum absolute atomic E-state index is 13.0. The first-order chi connectivity index (χ1) is 13.1. The molecule has 0 atom stereocenters. The molecule has 27 heavy (non-hydrogen) atoms. The van der Waals surface area contributed by atoms with Crippen molar-refractivity contribution in [3.05, 3.63) is 36.1 Å². The second kappa shape index (κ2) is 10.2. The fraction of sp³-hybridized carbons (Fsp3) is 0.389. The number of hydrogen-bond acceptors (Lipinski definition) is 7. The van der Waals surface area contributed by atoms with E-state index < -0.39 is 0 Å². The lowest BCUT2D eigenvalue weighted by atomic mass is 10.1. The van der Waals surface area contributed by atoms with Crippen LogP contribution in [0.2, 0.25) is 0 Å². The van der Waals surface area contributed by atoms with E-state index in [9.17, 15) is 9.59 Å². The summed E-state index contributed by atoms with van der Waals surface area (Å²) in [6.07, 6.45) is 1.93. The normalized spacial score (nSPS) is 10.3. The SMILES string of the molecule is COCCCN(CC(=O)Nc1ccon1)C(=O)c1cc(OC)cc(OC)c1. The van der Waals surface area contributed by atoms with E-state index in [1.807, 2.05) is 0 Å². The number of benzene rings is 1. The fourth-order valence-corrected chi connectivity index (χ4v) is 2.40. The lowest BCUT2D eigenvalue weighted by Gasteiger charge is -2.22. The number of methoxy groups -OCH3 is 3. The molecule has 9 heteroatoms. The molecule has 1 N–H and O–H groups in total. The average molecular weight is 377 g/mol. The first-order valence-electron chi connectivity index (χ1n) is 8.29. The van der Waals surface area contributed by atoms with Crippen molar-refractivity contribution in [2.75, 3.05) is 46.3 Å². The van der Waals surface area contributed by atoms with Gasteiger partial charge in [0.2, 0.25) is 5.91 Å². The molecule has 146 valence electrons. The average Bonchev–Trinajstić information content (AvgIpc) is 3.19. The number of nitrogens with zero attached hydrogens (tertiary/aromatic N) is 2. The van der Waals surface area contributed by atoms with Crippen LogP contribution < -0.4 is 14.8 Å². The van der Waals surface area contributed by atoms with Crippen molar-refractivity contribution in [3.8, 4) is 11.5 Å². The first-order valence-corrected chi connectivity index (χ1v) is 8.29. The van der Waals surface area contributed by atoms with Gasteiger partial charge in [0.05, 0.1) is 14.2 Å². The van der Waals surface area contributed by atoms with Crippen molar-refractivity contribution in [1.29, 1.82) is 0 Å². The Morgan fingerprint density at radius 3 is 2.41 bits per heavy atom. The van der Waals surface area contributed by atoms with Gasteiger partial charge >= 0.3 is 0 Å². The highest BCUT2D eigenvalue weighted by atomic mass is 16.5. The summed E-state index contributed by atoms with van der Waals surface area (Å²) in [7, 11) is 4.59. The van der Waals surface area contributed by atoms with Gasteiger partial charge in [-0.2, -0.15) is 0 Å². The van der Waals surface area contributed by atoms with Crippen LogP contribution in [-0.4, -0.2) is 62.9 Å². The predicted molar refractivity (Wildman–Crippen MR) is 97.1 cm³/mol. The second-order valence-corrected chi connectivity index (χ2v) is 5.61. The van der Waals surface area contributed by atoms with E-state index in [4.69, 9.17) is 14.2 Å². The van der Waals surface area contributed by atoms with E-state index in [1.165, 1.54) is 31.4 Å². The van der Waals surface area contributed by atoms with Crippen LogP contribution in [0.15, 0.2) is 35.1 Å². The Kier molecular flexibility index (Phi) is 7.63. The third-order valence-electron chi connectivity index (χ3n) is 3.70. The summed E-state index contributed by atoms with van der Waals surface area (Å²) in [4.78, 5) is 26.7. The van der Waals surface area contributed by atoms with E-state index in [-0.39, 0.29) is 24.2 Å². The Bertz CT molecular complexity index is 725. The molecular weight excluding hydrogens is 354 g/mol. The van der Waals surface area contributed by atoms with Crippen molar-refractivity contribution in [1.82, 2.24) is 10.1 Å². The zero-order valence-electron chi connectivity index (χ0n) is 15.6. The number of carbonyl (C=O) groups is 2. The van der Waals surface area contributed by atoms with E-state index in [0.29, 0.717) is 36.6 Å². The van der Waals surface area contributed by atoms with Crippen LogP contribution in [0.3, 0.4) is 0 Å². The summed E-state index contributed by atoms with van der Waals surface area (Å²) >= 11 is 0. The highest BCUT2D eigenvalue weighted by molar-refractivity contribution is 5.99. The van der Waals surface area contributed by atoms with Crippen molar-refractivity contribution in [3.63, 3.8) is 0 Å². The van der Waals surface area contributed by atoms with Crippen molar-refractivity contribution in [2.24, 2.45) is 0 Å². The van der Waals surface area contributed by atoms with Crippen molar-refractivity contribution in [2.45, 2.75) is 6.42 Å². The van der Waals surface area contributed by atoms with Crippen LogP contribution in [0.5, 0.6) is 11.5 Å². The Morgan fingerprint density at radius 2 is 1.85 bits per heavy atom. The third kappa shape index (κ3) is 6.00. The number of carbonyl (C=O) groups excluding carboxylic acids is 2. The van der Waals surface area contributed by atoms with Gasteiger partial charge in [-0.05, 0) is 18.6 Å². The standard InChI is InChI=1S/C18H23N3O6/c1-24-7-4-6-21(12-17(22)19-16-5-8-27-20-16)18(23)13-9-14(25-2)11-15(10-13)26-3/h5,8-11H,4,6-7,12H2,1-3H3,(H,19,20,22). The van der Waals surface area contributed by atoms with Gasteiger partial charge in [-0.25, -0.2) is 0 Å². The molecule has 2 amide bonds. The number of ether oxygens (including phenoxy) is 3. The smallest absolute Gasteiger partial charge is 0.254 e. The molecule has 0 aliphatic rings. The summed E-state index contributed by atoms with van der Waals surface area (Å²) in [5.74, 6) is 0.554. The number of rotatable bonds is 10. The van der Waals surface area contributed by atoms with Crippen molar-refractivity contribution >= 4 is 17.6 Å². The van der Waals surface area contributed by atoms with Gasteiger partial charge in [0.1, 0.15) is 24.3 Å². The number of aromatic nitrogens is 1. The van der Waals surface area contributed by atoms with Crippen LogP contribution in [0, 0.1) is 0 Å².